The van der Waals surface area contributed by atoms with E-state index in [-0.39, 0.29) is 25.0 Å². The smallest absolute Gasteiger partial charge is 0.237 e. The maximum atomic E-state index is 11.9. The Morgan fingerprint density at radius 2 is 2.29 bits per heavy atom. The van der Waals surface area contributed by atoms with Crippen LogP contribution in [-0.2, 0) is 14.8 Å². The van der Waals surface area contributed by atoms with Crippen molar-refractivity contribution in [2.24, 2.45) is 5.73 Å². The van der Waals surface area contributed by atoms with Crippen LogP contribution in [0.3, 0.4) is 0 Å². The van der Waals surface area contributed by atoms with E-state index in [1.807, 2.05) is 4.90 Å². The van der Waals surface area contributed by atoms with Crippen molar-refractivity contribution in [3.8, 4) is 0 Å². The van der Waals surface area contributed by atoms with Crippen LogP contribution in [0.25, 0.3) is 0 Å². The number of sulfonamides is 1. The Labute approximate surface area is 126 Å². The SMILES string of the molecule is CN(C[C@H](O)CN1[C@H]2C[CH]C[C@]1(C(N)=O)CC2)S(C)(=O)=O. The summed E-state index contributed by atoms with van der Waals surface area (Å²) < 4.78 is 23.9. The number of nitrogens with two attached hydrogens (primary N) is 1. The van der Waals surface area contributed by atoms with E-state index in [0.717, 1.165) is 23.4 Å². The molecule has 0 aliphatic carbocycles. The summed E-state index contributed by atoms with van der Waals surface area (Å²) in [7, 11) is -1.89. The predicted molar refractivity (Wildman–Crippen MR) is 78.7 cm³/mol. The van der Waals surface area contributed by atoms with Crippen LogP contribution in [0.2, 0.25) is 0 Å². The first-order valence-corrected chi connectivity index (χ1v) is 8.99. The highest BCUT2D eigenvalue weighted by Crippen LogP contribution is 2.43. The molecule has 2 rings (SSSR count). The van der Waals surface area contributed by atoms with Crippen molar-refractivity contribution in [3.05, 3.63) is 6.42 Å². The molecule has 2 aliphatic heterocycles. The Morgan fingerprint density at radius 1 is 1.62 bits per heavy atom. The molecule has 2 heterocycles. The lowest BCUT2D eigenvalue weighted by Crippen LogP contribution is -2.60. The summed E-state index contributed by atoms with van der Waals surface area (Å²) >= 11 is 0. The van der Waals surface area contributed by atoms with Gasteiger partial charge >= 0.3 is 0 Å². The number of aliphatic hydroxyl groups is 1. The maximum absolute atomic E-state index is 11.9. The number of likely N-dealkylation sites (N-methyl/N-ethyl adjacent to an activating group) is 1. The molecule has 2 saturated heterocycles. The van der Waals surface area contributed by atoms with Crippen molar-refractivity contribution >= 4 is 15.9 Å². The van der Waals surface area contributed by atoms with E-state index in [1.165, 1.54) is 7.05 Å². The first-order chi connectivity index (χ1) is 9.67. The lowest BCUT2D eigenvalue weighted by atomic mass is 9.87. The van der Waals surface area contributed by atoms with Crippen molar-refractivity contribution < 1.29 is 18.3 Å². The normalized spacial score (nSPS) is 31.5. The molecule has 0 unspecified atom stereocenters. The molecule has 2 aliphatic rings. The molecule has 121 valence electrons. The number of rotatable bonds is 6. The largest absolute Gasteiger partial charge is 0.390 e. The van der Waals surface area contributed by atoms with Gasteiger partial charge in [0.2, 0.25) is 15.9 Å². The van der Waals surface area contributed by atoms with Crippen molar-refractivity contribution in [1.29, 1.82) is 0 Å². The lowest BCUT2D eigenvalue weighted by molar-refractivity contribution is -0.131. The highest BCUT2D eigenvalue weighted by atomic mass is 32.2. The van der Waals surface area contributed by atoms with Gasteiger partial charge in [-0.2, -0.15) is 0 Å². The number of aliphatic hydroxyl groups excluding tert-OH is 1. The standard InChI is InChI=1S/C13H24N3O4S/c1-15(21(2,19)20)8-11(17)9-16-10-4-3-6-13(16,7-5-10)12(14)18/h3,10-11,17H,4-9H2,1-2H3,(H2,14,18)/t10-,11-,13+/m0/s1. The molecule has 0 aromatic carbocycles. The summed E-state index contributed by atoms with van der Waals surface area (Å²) in [6.45, 7) is 0.280. The van der Waals surface area contributed by atoms with Crippen molar-refractivity contribution in [2.45, 2.75) is 43.4 Å². The van der Waals surface area contributed by atoms with Gasteiger partial charge < -0.3 is 10.8 Å². The average molecular weight is 318 g/mol. The lowest BCUT2D eigenvalue weighted by Gasteiger charge is -2.43. The van der Waals surface area contributed by atoms with E-state index in [0.29, 0.717) is 12.8 Å². The van der Waals surface area contributed by atoms with Gasteiger partial charge in [0.05, 0.1) is 12.4 Å². The van der Waals surface area contributed by atoms with Crippen molar-refractivity contribution in [3.63, 3.8) is 0 Å². The highest BCUT2D eigenvalue weighted by molar-refractivity contribution is 7.88. The zero-order valence-corrected chi connectivity index (χ0v) is 13.3. The number of hydrogen-bond donors (Lipinski definition) is 2. The molecular weight excluding hydrogens is 294 g/mol. The number of piperidine rings is 1. The molecule has 3 N–H and O–H groups in total. The van der Waals surface area contributed by atoms with Gasteiger partial charge in [0, 0.05) is 26.2 Å². The van der Waals surface area contributed by atoms with Gasteiger partial charge in [0.15, 0.2) is 0 Å². The molecule has 2 fully saturated rings. The molecule has 0 aromatic rings. The average Bonchev–Trinajstić information content (AvgIpc) is 2.58. The van der Waals surface area contributed by atoms with Crippen LogP contribution < -0.4 is 5.73 Å². The number of nitrogens with zero attached hydrogens (tertiary/aromatic N) is 2. The van der Waals surface area contributed by atoms with Crippen LogP contribution in [0.15, 0.2) is 0 Å². The number of hydrogen-bond acceptors (Lipinski definition) is 5. The summed E-state index contributed by atoms with van der Waals surface area (Å²) in [5, 5.41) is 10.2. The number of β-amino-alcohol motifs (C(OH)–C–C–N with tert-alkyl or cyclic N) is 1. The molecule has 0 saturated carbocycles. The van der Waals surface area contributed by atoms with Crippen molar-refractivity contribution in [2.75, 3.05) is 26.4 Å². The third kappa shape index (κ3) is 3.23. The van der Waals surface area contributed by atoms with E-state index < -0.39 is 21.7 Å². The van der Waals surface area contributed by atoms with Crippen molar-refractivity contribution in [1.82, 2.24) is 9.21 Å². The summed E-state index contributed by atoms with van der Waals surface area (Å²) in [6.07, 6.45) is 5.42. The second-order valence-electron chi connectivity index (χ2n) is 6.17. The number of carbonyl (C=O) groups excluding carboxylic acids is 1. The second-order valence-corrected chi connectivity index (χ2v) is 8.26. The summed E-state index contributed by atoms with van der Waals surface area (Å²) in [5.74, 6) is -0.357. The Hall–Kier alpha value is -0.700. The van der Waals surface area contributed by atoms with E-state index in [2.05, 4.69) is 6.42 Å². The van der Waals surface area contributed by atoms with E-state index in [9.17, 15) is 18.3 Å². The van der Waals surface area contributed by atoms with Gasteiger partial charge in [-0.1, -0.05) is 0 Å². The Kier molecular flexibility index (Phi) is 4.63. The minimum absolute atomic E-state index is 0.0145. The monoisotopic (exact) mass is 318 g/mol. The van der Waals surface area contributed by atoms with Gasteiger partial charge in [-0.3, -0.25) is 9.69 Å². The van der Waals surface area contributed by atoms with Gasteiger partial charge in [0.25, 0.3) is 0 Å². The zero-order chi connectivity index (χ0) is 15.8. The molecule has 0 spiro atoms. The fraction of sp³-hybridized carbons (Fsp3) is 0.846. The van der Waals surface area contributed by atoms with E-state index in [4.69, 9.17) is 5.73 Å². The molecule has 1 amide bonds. The molecule has 7 nitrogen and oxygen atoms in total. The predicted octanol–water partition coefficient (Wildman–Crippen LogP) is -1.07. The fourth-order valence-corrected chi connectivity index (χ4v) is 3.88. The van der Waals surface area contributed by atoms with Gasteiger partial charge in [-0.25, -0.2) is 12.7 Å². The maximum Gasteiger partial charge on any atom is 0.237 e. The third-order valence-electron chi connectivity index (χ3n) is 4.70. The molecule has 2 bridgehead atoms. The molecule has 3 atom stereocenters. The minimum Gasteiger partial charge on any atom is -0.390 e. The minimum atomic E-state index is -3.32. The molecule has 1 radical (unpaired) electrons. The summed E-state index contributed by atoms with van der Waals surface area (Å²) in [5.41, 5.74) is 4.89. The topological polar surface area (TPSA) is 104 Å². The quantitative estimate of drug-likeness (QED) is 0.649. The van der Waals surface area contributed by atoms with Crippen LogP contribution in [-0.4, -0.2) is 72.7 Å². The van der Waals surface area contributed by atoms with Crippen LogP contribution in [0.1, 0.15) is 25.7 Å². The van der Waals surface area contributed by atoms with E-state index >= 15 is 0 Å². The summed E-state index contributed by atoms with van der Waals surface area (Å²) in [6, 6.07) is 0.212. The Balaban J connectivity index is 2.06. The molecule has 8 heteroatoms. The third-order valence-corrected chi connectivity index (χ3v) is 5.98. The van der Waals surface area contributed by atoms with E-state index in [1.54, 1.807) is 0 Å². The zero-order valence-electron chi connectivity index (χ0n) is 12.5. The van der Waals surface area contributed by atoms with Crippen LogP contribution in [0.5, 0.6) is 0 Å². The Morgan fingerprint density at radius 3 is 2.86 bits per heavy atom. The number of carbonyl (C=O) groups is 1. The molecular formula is C13H24N3O4S. The van der Waals surface area contributed by atoms with Gasteiger partial charge in [-0.05, 0) is 32.1 Å². The van der Waals surface area contributed by atoms with Crippen LogP contribution >= 0.6 is 0 Å². The van der Waals surface area contributed by atoms with Crippen LogP contribution in [0, 0.1) is 6.42 Å². The van der Waals surface area contributed by atoms with Gasteiger partial charge in [-0.15, -0.1) is 0 Å². The molecule has 21 heavy (non-hydrogen) atoms. The molecule has 0 aromatic heterocycles. The fourth-order valence-electron chi connectivity index (χ4n) is 3.44. The number of amides is 1. The van der Waals surface area contributed by atoms with Gasteiger partial charge in [0.1, 0.15) is 5.54 Å². The summed E-state index contributed by atoms with van der Waals surface area (Å²) in [4.78, 5) is 13.9. The first kappa shape index (κ1) is 16.7. The Bertz CT molecular complexity index is 506. The first-order valence-electron chi connectivity index (χ1n) is 7.14. The second kappa shape index (κ2) is 5.83. The number of primary amides is 1. The van der Waals surface area contributed by atoms with Crippen LogP contribution in [0.4, 0.5) is 0 Å². The highest BCUT2D eigenvalue weighted by Gasteiger charge is 2.52. The number of fused-ring (bicyclic) bond motifs is 2.